The summed E-state index contributed by atoms with van der Waals surface area (Å²) in [4.78, 5) is 14.2. The van der Waals surface area contributed by atoms with Crippen LogP contribution in [0.5, 0.6) is 11.6 Å². The van der Waals surface area contributed by atoms with Crippen molar-refractivity contribution in [3.05, 3.63) is 57.8 Å². The molecule has 0 atom stereocenters. The lowest BCUT2D eigenvalue weighted by Gasteiger charge is -2.06. The molecule has 2 aromatic rings. The number of hydrogen-bond donors (Lipinski definition) is 0. The van der Waals surface area contributed by atoms with Gasteiger partial charge in [0.25, 0.3) is 0 Å². The summed E-state index contributed by atoms with van der Waals surface area (Å²) in [5.41, 5.74) is -0.0599. The second-order valence-electron chi connectivity index (χ2n) is 3.62. The smallest absolute Gasteiger partial charge is 0.312 e. The van der Waals surface area contributed by atoms with Crippen molar-refractivity contribution in [1.82, 2.24) is 4.98 Å². The lowest BCUT2D eigenvalue weighted by Crippen LogP contribution is -1.96. The third-order valence-corrected chi connectivity index (χ3v) is 2.38. The fraction of sp³-hybridized carbons (Fsp3) is 0. The summed E-state index contributed by atoms with van der Waals surface area (Å²) in [6.45, 7) is 0. The SMILES string of the molecule is N#Cc1ccc(Oc2ncccc2C#N)c([N+](=O)[O-])c1. The van der Waals surface area contributed by atoms with E-state index in [1.165, 1.54) is 24.4 Å². The van der Waals surface area contributed by atoms with Gasteiger partial charge in [-0.2, -0.15) is 10.5 Å². The van der Waals surface area contributed by atoms with Crippen LogP contribution < -0.4 is 4.74 Å². The molecule has 0 radical (unpaired) electrons. The lowest BCUT2D eigenvalue weighted by atomic mass is 10.2. The zero-order valence-electron chi connectivity index (χ0n) is 9.98. The van der Waals surface area contributed by atoms with Gasteiger partial charge in [0, 0.05) is 12.3 Å². The van der Waals surface area contributed by atoms with Crippen LogP contribution in [0.25, 0.3) is 0 Å². The normalized spacial score (nSPS) is 9.30. The first-order valence-electron chi connectivity index (χ1n) is 5.37. The second kappa shape index (κ2) is 5.46. The van der Waals surface area contributed by atoms with Crippen molar-refractivity contribution in [2.75, 3.05) is 0 Å². The Balaban J connectivity index is 2.47. The maximum absolute atomic E-state index is 11.0. The van der Waals surface area contributed by atoms with Crippen LogP contribution in [-0.2, 0) is 0 Å². The Morgan fingerprint density at radius 1 is 1.25 bits per heavy atom. The molecule has 7 heteroatoms. The predicted octanol–water partition coefficient (Wildman–Crippen LogP) is 2.53. The summed E-state index contributed by atoms with van der Waals surface area (Å²) in [6.07, 6.45) is 1.41. The number of nitriles is 2. The zero-order chi connectivity index (χ0) is 14.5. The molecule has 0 N–H and O–H groups in total. The van der Waals surface area contributed by atoms with Crippen molar-refractivity contribution < 1.29 is 9.66 Å². The number of nitro groups is 1. The Morgan fingerprint density at radius 2 is 2.05 bits per heavy atom. The van der Waals surface area contributed by atoms with Crippen LogP contribution in [0.3, 0.4) is 0 Å². The van der Waals surface area contributed by atoms with Crippen LogP contribution in [0.15, 0.2) is 36.5 Å². The number of nitrogens with zero attached hydrogens (tertiary/aromatic N) is 4. The molecule has 0 spiro atoms. The van der Waals surface area contributed by atoms with Crippen LogP contribution in [0.4, 0.5) is 5.69 Å². The quantitative estimate of drug-likeness (QED) is 0.623. The number of nitro benzene ring substituents is 1. The van der Waals surface area contributed by atoms with Gasteiger partial charge in [-0.15, -0.1) is 0 Å². The zero-order valence-corrected chi connectivity index (χ0v) is 9.98. The highest BCUT2D eigenvalue weighted by Gasteiger charge is 2.18. The Labute approximate surface area is 113 Å². The third kappa shape index (κ3) is 2.52. The summed E-state index contributed by atoms with van der Waals surface area (Å²) in [5, 5.41) is 28.6. The number of benzene rings is 1. The molecule has 20 heavy (non-hydrogen) atoms. The van der Waals surface area contributed by atoms with Crippen LogP contribution in [0.1, 0.15) is 11.1 Å². The molecule has 0 amide bonds. The topological polar surface area (TPSA) is 113 Å². The van der Waals surface area contributed by atoms with E-state index in [0.29, 0.717) is 0 Å². The van der Waals surface area contributed by atoms with Crippen LogP contribution in [0, 0.1) is 32.8 Å². The van der Waals surface area contributed by atoms with Gasteiger partial charge in [-0.05, 0) is 24.3 Å². The first kappa shape index (κ1) is 13.0. The highest BCUT2D eigenvalue weighted by molar-refractivity contribution is 5.53. The van der Waals surface area contributed by atoms with E-state index in [2.05, 4.69) is 4.98 Å². The average Bonchev–Trinajstić information content (AvgIpc) is 2.48. The molecular formula is C13H6N4O3. The maximum Gasteiger partial charge on any atom is 0.312 e. The second-order valence-corrected chi connectivity index (χ2v) is 3.62. The number of pyridine rings is 1. The lowest BCUT2D eigenvalue weighted by molar-refractivity contribution is -0.385. The monoisotopic (exact) mass is 266 g/mol. The van der Waals surface area contributed by atoms with Gasteiger partial charge < -0.3 is 4.74 Å². The standard InChI is InChI=1S/C13H6N4O3/c14-7-9-3-4-12(11(6-9)17(18)19)20-13-10(8-15)2-1-5-16-13/h1-6H. The Kier molecular flexibility index (Phi) is 3.55. The molecule has 0 saturated heterocycles. The largest absolute Gasteiger partial charge is 0.430 e. The molecule has 96 valence electrons. The average molecular weight is 266 g/mol. The number of aromatic nitrogens is 1. The van der Waals surface area contributed by atoms with E-state index in [1.54, 1.807) is 6.07 Å². The molecule has 2 rings (SSSR count). The molecule has 1 aromatic heterocycles. The van der Waals surface area contributed by atoms with Crippen molar-refractivity contribution >= 4 is 5.69 Å². The molecule has 7 nitrogen and oxygen atoms in total. The van der Waals surface area contributed by atoms with Crippen LogP contribution >= 0.6 is 0 Å². The van der Waals surface area contributed by atoms with Gasteiger partial charge in [-0.25, -0.2) is 4.98 Å². The molecule has 0 unspecified atom stereocenters. The van der Waals surface area contributed by atoms with Crippen molar-refractivity contribution in [3.8, 4) is 23.8 Å². The van der Waals surface area contributed by atoms with Gasteiger partial charge in [-0.3, -0.25) is 10.1 Å². The van der Waals surface area contributed by atoms with Crippen molar-refractivity contribution in [2.45, 2.75) is 0 Å². The Hall–Kier alpha value is -3.45. The molecule has 0 aliphatic carbocycles. The van der Waals surface area contributed by atoms with Gasteiger partial charge in [0.15, 0.2) is 0 Å². The minimum absolute atomic E-state index is 0.0252. The van der Waals surface area contributed by atoms with Crippen LogP contribution in [0.2, 0.25) is 0 Å². The Morgan fingerprint density at radius 3 is 2.70 bits per heavy atom. The molecule has 0 saturated carbocycles. The molecule has 0 aliphatic rings. The van der Waals surface area contributed by atoms with Gasteiger partial charge in [-0.1, -0.05) is 0 Å². The first-order chi connectivity index (χ1) is 9.65. The van der Waals surface area contributed by atoms with E-state index in [0.717, 1.165) is 6.07 Å². The van der Waals surface area contributed by atoms with Gasteiger partial charge >= 0.3 is 5.69 Å². The summed E-state index contributed by atoms with van der Waals surface area (Å²) < 4.78 is 5.31. The van der Waals surface area contributed by atoms with Gasteiger partial charge in [0.1, 0.15) is 11.6 Å². The summed E-state index contributed by atoms with van der Waals surface area (Å²) in [5.74, 6) is -0.105. The highest BCUT2D eigenvalue weighted by Crippen LogP contribution is 2.32. The summed E-state index contributed by atoms with van der Waals surface area (Å²) >= 11 is 0. The maximum atomic E-state index is 11.0. The summed E-state index contributed by atoms with van der Waals surface area (Å²) in [6, 6.07) is 10.5. The number of hydrogen-bond acceptors (Lipinski definition) is 6. The fourth-order valence-corrected chi connectivity index (χ4v) is 1.48. The molecule has 0 aliphatic heterocycles. The van der Waals surface area contributed by atoms with E-state index < -0.39 is 4.92 Å². The van der Waals surface area contributed by atoms with E-state index in [4.69, 9.17) is 15.3 Å². The van der Waals surface area contributed by atoms with Crippen molar-refractivity contribution in [2.24, 2.45) is 0 Å². The Bertz CT molecular complexity index is 759. The molecular weight excluding hydrogens is 260 g/mol. The third-order valence-electron chi connectivity index (χ3n) is 2.38. The van der Waals surface area contributed by atoms with Gasteiger partial charge in [0.2, 0.25) is 11.6 Å². The molecule has 0 fully saturated rings. The number of ether oxygens (including phenoxy) is 1. The van der Waals surface area contributed by atoms with E-state index in [9.17, 15) is 10.1 Å². The number of rotatable bonds is 3. The molecule has 1 heterocycles. The van der Waals surface area contributed by atoms with E-state index in [1.807, 2.05) is 12.1 Å². The van der Waals surface area contributed by atoms with Crippen molar-refractivity contribution in [1.29, 1.82) is 10.5 Å². The molecule has 0 bridgehead atoms. The first-order valence-corrected chi connectivity index (χ1v) is 5.37. The minimum atomic E-state index is -0.662. The van der Waals surface area contributed by atoms with Crippen LogP contribution in [-0.4, -0.2) is 9.91 Å². The molecule has 1 aromatic carbocycles. The van der Waals surface area contributed by atoms with Gasteiger partial charge in [0.05, 0.1) is 16.6 Å². The van der Waals surface area contributed by atoms with E-state index >= 15 is 0 Å². The predicted molar refractivity (Wildman–Crippen MR) is 66.8 cm³/mol. The van der Waals surface area contributed by atoms with E-state index in [-0.39, 0.29) is 28.4 Å². The van der Waals surface area contributed by atoms with Crippen molar-refractivity contribution in [3.63, 3.8) is 0 Å². The fourth-order valence-electron chi connectivity index (χ4n) is 1.48. The summed E-state index contributed by atoms with van der Waals surface area (Å²) in [7, 11) is 0. The minimum Gasteiger partial charge on any atom is -0.430 e. The highest BCUT2D eigenvalue weighted by atomic mass is 16.6.